The van der Waals surface area contributed by atoms with Gasteiger partial charge in [-0.05, 0) is 68.0 Å². The number of nitrogens with one attached hydrogen (secondary N) is 1. The van der Waals surface area contributed by atoms with Crippen molar-refractivity contribution in [1.29, 1.82) is 0 Å². The van der Waals surface area contributed by atoms with Gasteiger partial charge < -0.3 is 10.1 Å². The van der Waals surface area contributed by atoms with Gasteiger partial charge in [0.15, 0.2) is 6.10 Å². The van der Waals surface area contributed by atoms with Crippen LogP contribution in [-0.4, -0.2) is 23.7 Å². The number of para-hydroxylation sites is 1. The lowest BCUT2D eigenvalue weighted by molar-refractivity contribution is -0.150. The fraction of sp³-hybridized carbons (Fsp3) is 0.333. The molecule has 0 fully saturated rings. The quantitative estimate of drug-likeness (QED) is 0.614. The van der Waals surface area contributed by atoms with Gasteiger partial charge in [0.2, 0.25) is 0 Å². The van der Waals surface area contributed by atoms with Crippen LogP contribution in [0.2, 0.25) is 0 Å². The third kappa shape index (κ3) is 4.67. The minimum atomic E-state index is -0.831. The number of amides is 1. The first-order valence-electron chi connectivity index (χ1n) is 8.83. The summed E-state index contributed by atoms with van der Waals surface area (Å²) in [5.74, 6) is -0.515. The summed E-state index contributed by atoms with van der Waals surface area (Å²) in [6.07, 6.45) is 2.64. The van der Waals surface area contributed by atoms with Crippen molar-refractivity contribution in [2.75, 3.05) is 11.1 Å². The largest absolute Gasteiger partial charge is 0.452 e. The highest BCUT2D eigenvalue weighted by molar-refractivity contribution is 8.00. The molecule has 2 aromatic carbocycles. The maximum absolute atomic E-state index is 12.2. The normalized spacial score (nSPS) is 13.8. The van der Waals surface area contributed by atoms with E-state index >= 15 is 0 Å². The summed E-state index contributed by atoms with van der Waals surface area (Å²) >= 11 is 1.45. The molecule has 136 valence electrons. The van der Waals surface area contributed by atoms with Crippen LogP contribution in [0, 0.1) is 6.92 Å². The Labute approximate surface area is 158 Å². The number of ether oxygens (including phenoxy) is 1. The smallest absolute Gasteiger partial charge is 0.317 e. The Hall–Kier alpha value is -2.27. The van der Waals surface area contributed by atoms with E-state index in [0.717, 1.165) is 29.0 Å². The third-order valence-corrected chi connectivity index (χ3v) is 5.47. The zero-order chi connectivity index (χ0) is 18.5. The van der Waals surface area contributed by atoms with Gasteiger partial charge in [0, 0.05) is 10.6 Å². The zero-order valence-corrected chi connectivity index (χ0v) is 15.9. The van der Waals surface area contributed by atoms with E-state index in [-0.39, 0.29) is 17.6 Å². The number of thioether (sulfide) groups is 1. The van der Waals surface area contributed by atoms with Gasteiger partial charge in [-0.3, -0.25) is 9.59 Å². The topological polar surface area (TPSA) is 55.4 Å². The number of anilines is 1. The Kier molecular flexibility index (Phi) is 5.99. The van der Waals surface area contributed by atoms with Crippen LogP contribution < -0.4 is 5.32 Å². The minimum absolute atomic E-state index is 0.195. The fourth-order valence-electron chi connectivity index (χ4n) is 3.01. The molecule has 1 unspecified atom stereocenters. The molecule has 0 saturated carbocycles. The molecule has 0 aliphatic heterocycles. The Morgan fingerprint density at radius 3 is 2.73 bits per heavy atom. The molecule has 4 nitrogen and oxygen atoms in total. The molecule has 3 rings (SSSR count). The molecule has 1 N–H and O–H groups in total. The van der Waals surface area contributed by atoms with E-state index in [1.165, 1.54) is 29.3 Å². The van der Waals surface area contributed by atoms with Gasteiger partial charge in [0.05, 0.1) is 5.75 Å². The molecule has 0 radical (unpaired) electrons. The van der Waals surface area contributed by atoms with Crippen LogP contribution in [0.1, 0.15) is 30.0 Å². The number of fused-ring (bicyclic) bond motifs is 1. The van der Waals surface area contributed by atoms with E-state index in [9.17, 15) is 9.59 Å². The average Bonchev–Trinajstić information content (AvgIpc) is 3.09. The Bertz CT molecular complexity index is 819. The predicted molar refractivity (Wildman–Crippen MR) is 105 cm³/mol. The molecule has 2 aromatic rings. The van der Waals surface area contributed by atoms with Crippen LogP contribution in [0.4, 0.5) is 5.69 Å². The second-order valence-electron chi connectivity index (χ2n) is 6.51. The van der Waals surface area contributed by atoms with Crippen molar-refractivity contribution in [2.45, 2.75) is 44.1 Å². The highest BCUT2D eigenvalue weighted by Crippen LogP contribution is 2.27. The maximum Gasteiger partial charge on any atom is 0.317 e. The lowest BCUT2D eigenvalue weighted by atomic mass is 10.1. The highest BCUT2D eigenvalue weighted by Gasteiger charge is 2.19. The average molecular weight is 369 g/mol. The first-order chi connectivity index (χ1) is 12.5. The van der Waals surface area contributed by atoms with E-state index in [2.05, 4.69) is 23.5 Å². The van der Waals surface area contributed by atoms with E-state index in [1.54, 1.807) is 6.92 Å². The fourth-order valence-corrected chi connectivity index (χ4v) is 3.75. The first-order valence-corrected chi connectivity index (χ1v) is 9.82. The van der Waals surface area contributed by atoms with Gasteiger partial charge in [-0.2, -0.15) is 0 Å². The van der Waals surface area contributed by atoms with Crippen molar-refractivity contribution in [1.82, 2.24) is 0 Å². The summed E-state index contributed by atoms with van der Waals surface area (Å²) in [5, 5.41) is 2.79. The van der Waals surface area contributed by atoms with E-state index < -0.39 is 6.10 Å². The van der Waals surface area contributed by atoms with Crippen LogP contribution in [0.15, 0.2) is 47.4 Å². The highest BCUT2D eigenvalue weighted by atomic mass is 32.2. The van der Waals surface area contributed by atoms with E-state index in [1.807, 2.05) is 31.2 Å². The summed E-state index contributed by atoms with van der Waals surface area (Å²) in [5.41, 5.74) is 4.49. The first kappa shape index (κ1) is 18.5. The summed E-state index contributed by atoms with van der Waals surface area (Å²) in [7, 11) is 0. The molecule has 5 heteroatoms. The van der Waals surface area contributed by atoms with Gasteiger partial charge in [0.25, 0.3) is 5.91 Å². The van der Waals surface area contributed by atoms with Crippen LogP contribution in [-0.2, 0) is 27.2 Å². The van der Waals surface area contributed by atoms with E-state index in [4.69, 9.17) is 4.74 Å². The number of rotatable bonds is 6. The number of carbonyl (C=O) groups excluding carboxylic acids is 2. The molecule has 1 atom stereocenters. The summed E-state index contributed by atoms with van der Waals surface area (Å²) < 4.78 is 5.27. The zero-order valence-electron chi connectivity index (χ0n) is 15.1. The number of aryl methyl sites for hydroxylation is 3. The predicted octanol–water partition coefficient (Wildman–Crippen LogP) is 4.15. The monoisotopic (exact) mass is 369 g/mol. The van der Waals surface area contributed by atoms with Gasteiger partial charge in [0.1, 0.15) is 0 Å². The molecular formula is C21H23NO3S. The molecule has 1 amide bonds. The van der Waals surface area contributed by atoms with Crippen molar-refractivity contribution in [3.05, 3.63) is 59.2 Å². The third-order valence-electron chi connectivity index (χ3n) is 4.51. The number of hydrogen-bond donors (Lipinski definition) is 1. The number of benzene rings is 2. The summed E-state index contributed by atoms with van der Waals surface area (Å²) in [6.45, 7) is 3.51. The van der Waals surface area contributed by atoms with Crippen LogP contribution in [0.25, 0.3) is 0 Å². The standard InChI is InChI=1S/C21H23NO3S/c1-14-6-3-4-9-19(14)22-21(24)15(2)25-20(23)13-26-18-11-10-16-7-5-8-17(16)12-18/h3-4,6,9-12,15H,5,7-8,13H2,1-2H3,(H,22,24). The van der Waals surface area contributed by atoms with Gasteiger partial charge in [-0.25, -0.2) is 0 Å². The second-order valence-corrected chi connectivity index (χ2v) is 7.56. The molecular weight excluding hydrogens is 346 g/mol. The molecule has 1 aliphatic carbocycles. The van der Waals surface area contributed by atoms with Gasteiger partial charge in [-0.15, -0.1) is 11.8 Å². The maximum atomic E-state index is 12.2. The Morgan fingerprint density at radius 2 is 1.92 bits per heavy atom. The molecule has 0 heterocycles. The van der Waals surface area contributed by atoms with Gasteiger partial charge in [-0.1, -0.05) is 24.3 Å². The van der Waals surface area contributed by atoms with Crippen molar-refractivity contribution < 1.29 is 14.3 Å². The lowest BCUT2D eigenvalue weighted by Gasteiger charge is -2.14. The van der Waals surface area contributed by atoms with Crippen molar-refractivity contribution in [2.24, 2.45) is 0 Å². The summed E-state index contributed by atoms with van der Waals surface area (Å²) in [6, 6.07) is 13.9. The molecule has 0 aromatic heterocycles. The molecule has 26 heavy (non-hydrogen) atoms. The molecule has 1 aliphatic rings. The Balaban J connectivity index is 1.48. The Morgan fingerprint density at radius 1 is 1.15 bits per heavy atom. The SMILES string of the molecule is Cc1ccccc1NC(=O)C(C)OC(=O)CSc1ccc2c(c1)CCC2. The molecule has 0 bridgehead atoms. The van der Waals surface area contributed by atoms with E-state index in [0.29, 0.717) is 0 Å². The summed E-state index contributed by atoms with van der Waals surface area (Å²) in [4.78, 5) is 25.3. The second kappa shape index (κ2) is 8.41. The van der Waals surface area contributed by atoms with Crippen LogP contribution >= 0.6 is 11.8 Å². The number of esters is 1. The minimum Gasteiger partial charge on any atom is -0.452 e. The lowest BCUT2D eigenvalue weighted by Crippen LogP contribution is -2.30. The van der Waals surface area contributed by atoms with Crippen molar-refractivity contribution >= 4 is 29.3 Å². The van der Waals surface area contributed by atoms with Crippen molar-refractivity contribution in [3.63, 3.8) is 0 Å². The number of carbonyl (C=O) groups is 2. The number of hydrogen-bond acceptors (Lipinski definition) is 4. The van der Waals surface area contributed by atoms with Crippen LogP contribution in [0.5, 0.6) is 0 Å². The molecule has 0 saturated heterocycles. The van der Waals surface area contributed by atoms with Crippen molar-refractivity contribution in [3.8, 4) is 0 Å². The molecule has 0 spiro atoms. The van der Waals surface area contributed by atoms with Crippen LogP contribution in [0.3, 0.4) is 0 Å². The van der Waals surface area contributed by atoms with Gasteiger partial charge >= 0.3 is 5.97 Å².